The van der Waals surface area contributed by atoms with Gasteiger partial charge in [-0.3, -0.25) is 9.36 Å². The van der Waals surface area contributed by atoms with Gasteiger partial charge in [0, 0.05) is 23.0 Å². The number of thioether (sulfide) groups is 2. The third-order valence-electron chi connectivity index (χ3n) is 4.63. The first-order valence-electron chi connectivity index (χ1n) is 9.33. The average molecular weight is 417 g/mol. The van der Waals surface area contributed by atoms with Crippen LogP contribution in [0.2, 0.25) is 0 Å². The molecule has 1 saturated heterocycles. The standard InChI is InChI=1S/C21H21FN2O2S2/c22-15-7-9-17(10-8-15)27-12-13-28-21-23-19-6-2-1-5-18(19)20(25)24(21)14-16-4-3-11-26-16/h1-2,5-10,16H,3-4,11-14H2. The SMILES string of the molecule is O=c1c2ccccc2nc(SCCSc2ccc(F)cc2)n1CC1CCCO1. The second-order valence-electron chi connectivity index (χ2n) is 6.61. The van der Waals surface area contributed by atoms with Crippen molar-refractivity contribution in [1.29, 1.82) is 0 Å². The maximum atomic E-state index is 13.0. The van der Waals surface area contributed by atoms with E-state index >= 15 is 0 Å². The minimum atomic E-state index is -0.225. The topological polar surface area (TPSA) is 44.1 Å². The number of hydrogen-bond donors (Lipinski definition) is 0. The van der Waals surface area contributed by atoms with Crippen molar-refractivity contribution in [2.24, 2.45) is 0 Å². The first-order chi connectivity index (χ1) is 13.7. The number of aromatic nitrogens is 2. The molecule has 0 radical (unpaired) electrons. The van der Waals surface area contributed by atoms with Crippen LogP contribution in [-0.2, 0) is 11.3 Å². The third kappa shape index (κ3) is 4.59. The van der Waals surface area contributed by atoms with Gasteiger partial charge in [-0.25, -0.2) is 9.37 Å². The van der Waals surface area contributed by atoms with E-state index < -0.39 is 0 Å². The van der Waals surface area contributed by atoms with E-state index in [1.165, 1.54) is 12.1 Å². The van der Waals surface area contributed by atoms with E-state index in [2.05, 4.69) is 0 Å². The molecule has 0 aliphatic carbocycles. The number of nitrogens with zero attached hydrogens (tertiary/aromatic N) is 2. The van der Waals surface area contributed by atoms with Crippen LogP contribution in [0.15, 0.2) is 63.4 Å². The van der Waals surface area contributed by atoms with Crippen molar-refractivity contribution in [3.8, 4) is 0 Å². The van der Waals surface area contributed by atoms with Crippen LogP contribution >= 0.6 is 23.5 Å². The zero-order chi connectivity index (χ0) is 19.3. The monoisotopic (exact) mass is 416 g/mol. The Bertz CT molecular complexity index is 1000. The number of para-hydroxylation sites is 1. The Hall–Kier alpha value is -1.83. The molecule has 1 unspecified atom stereocenters. The van der Waals surface area contributed by atoms with Gasteiger partial charge in [-0.05, 0) is 49.2 Å². The molecule has 1 aromatic heterocycles. The molecular formula is C21H21FN2O2S2. The highest BCUT2D eigenvalue weighted by Crippen LogP contribution is 2.24. The summed E-state index contributed by atoms with van der Waals surface area (Å²) in [4.78, 5) is 18.8. The molecule has 1 fully saturated rings. The smallest absolute Gasteiger partial charge is 0.262 e. The highest BCUT2D eigenvalue weighted by Gasteiger charge is 2.20. The van der Waals surface area contributed by atoms with E-state index in [0.29, 0.717) is 11.9 Å². The van der Waals surface area contributed by atoms with Crippen LogP contribution in [0.3, 0.4) is 0 Å². The lowest BCUT2D eigenvalue weighted by Gasteiger charge is -2.16. The summed E-state index contributed by atoms with van der Waals surface area (Å²) in [5, 5.41) is 1.38. The van der Waals surface area contributed by atoms with Gasteiger partial charge in [0.25, 0.3) is 5.56 Å². The number of ether oxygens (including phenoxy) is 1. The summed E-state index contributed by atoms with van der Waals surface area (Å²) in [6.45, 7) is 1.31. The summed E-state index contributed by atoms with van der Waals surface area (Å²) >= 11 is 3.25. The van der Waals surface area contributed by atoms with Crippen LogP contribution in [0, 0.1) is 5.82 Å². The molecule has 1 aliphatic heterocycles. The zero-order valence-corrected chi connectivity index (χ0v) is 17.0. The summed E-state index contributed by atoms with van der Waals surface area (Å²) in [5.41, 5.74) is 0.722. The van der Waals surface area contributed by atoms with Gasteiger partial charge in [-0.1, -0.05) is 23.9 Å². The van der Waals surface area contributed by atoms with Crippen molar-refractivity contribution in [1.82, 2.24) is 9.55 Å². The average Bonchev–Trinajstić information content (AvgIpc) is 3.22. The van der Waals surface area contributed by atoms with E-state index in [9.17, 15) is 9.18 Å². The Morgan fingerprint density at radius 1 is 1.11 bits per heavy atom. The molecule has 1 aliphatic rings. The highest BCUT2D eigenvalue weighted by atomic mass is 32.2. The molecule has 3 aromatic rings. The Morgan fingerprint density at radius 3 is 2.68 bits per heavy atom. The van der Waals surface area contributed by atoms with Crippen molar-refractivity contribution in [2.75, 3.05) is 18.1 Å². The number of halogens is 1. The zero-order valence-electron chi connectivity index (χ0n) is 15.3. The van der Waals surface area contributed by atoms with Crippen LogP contribution in [0.25, 0.3) is 10.9 Å². The van der Waals surface area contributed by atoms with Crippen LogP contribution in [0.1, 0.15) is 12.8 Å². The molecule has 4 nitrogen and oxygen atoms in total. The summed E-state index contributed by atoms with van der Waals surface area (Å²) in [6, 6.07) is 14.0. The van der Waals surface area contributed by atoms with Gasteiger partial charge in [0.05, 0.1) is 23.6 Å². The van der Waals surface area contributed by atoms with Gasteiger partial charge in [-0.2, -0.15) is 0 Å². The molecule has 0 amide bonds. The highest BCUT2D eigenvalue weighted by molar-refractivity contribution is 8.02. The molecule has 2 heterocycles. The molecule has 146 valence electrons. The maximum absolute atomic E-state index is 13.0. The number of hydrogen-bond acceptors (Lipinski definition) is 5. The minimum Gasteiger partial charge on any atom is -0.376 e. The molecule has 4 rings (SSSR count). The number of rotatable bonds is 7. The van der Waals surface area contributed by atoms with Gasteiger partial charge in [0.15, 0.2) is 5.16 Å². The molecular weight excluding hydrogens is 395 g/mol. The second kappa shape index (κ2) is 9.11. The van der Waals surface area contributed by atoms with Crippen LogP contribution in [-0.4, -0.2) is 33.8 Å². The summed E-state index contributed by atoms with van der Waals surface area (Å²) in [5.74, 6) is 1.43. The summed E-state index contributed by atoms with van der Waals surface area (Å²) in [7, 11) is 0. The molecule has 0 N–H and O–H groups in total. The maximum Gasteiger partial charge on any atom is 0.262 e. The molecule has 2 aromatic carbocycles. The predicted molar refractivity (Wildman–Crippen MR) is 113 cm³/mol. The second-order valence-corrected chi connectivity index (χ2v) is 8.84. The van der Waals surface area contributed by atoms with Crippen LogP contribution in [0.5, 0.6) is 0 Å². The minimum absolute atomic E-state index is 0.00483. The van der Waals surface area contributed by atoms with Crippen molar-refractivity contribution >= 4 is 34.4 Å². The fraction of sp³-hybridized carbons (Fsp3) is 0.333. The molecule has 1 atom stereocenters. The van der Waals surface area contributed by atoms with Gasteiger partial charge >= 0.3 is 0 Å². The largest absolute Gasteiger partial charge is 0.376 e. The van der Waals surface area contributed by atoms with E-state index in [1.807, 2.05) is 24.3 Å². The summed E-state index contributed by atoms with van der Waals surface area (Å²) < 4.78 is 20.5. The number of benzene rings is 2. The lowest BCUT2D eigenvalue weighted by Crippen LogP contribution is -2.28. The number of fused-ring (bicyclic) bond motifs is 1. The Morgan fingerprint density at radius 2 is 1.89 bits per heavy atom. The predicted octanol–water partition coefficient (Wildman–Crippen LogP) is 4.60. The van der Waals surface area contributed by atoms with Crippen molar-refractivity contribution in [2.45, 2.75) is 35.5 Å². The van der Waals surface area contributed by atoms with Crippen molar-refractivity contribution < 1.29 is 9.13 Å². The molecule has 0 saturated carbocycles. The fourth-order valence-corrected chi connectivity index (χ4v) is 5.12. The first kappa shape index (κ1) is 19.5. The van der Waals surface area contributed by atoms with Crippen LogP contribution < -0.4 is 5.56 Å². The third-order valence-corrected chi connectivity index (χ3v) is 6.88. The molecule has 7 heteroatoms. The molecule has 0 spiro atoms. The quantitative estimate of drug-likeness (QED) is 0.320. The lowest BCUT2D eigenvalue weighted by atomic mass is 10.2. The Balaban J connectivity index is 1.50. The van der Waals surface area contributed by atoms with E-state index in [-0.39, 0.29) is 17.5 Å². The lowest BCUT2D eigenvalue weighted by molar-refractivity contribution is 0.0937. The van der Waals surface area contributed by atoms with Gasteiger partial charge in [0.1, 0.15) is 5.82 Å². The van der Waals surface area contributed by atoms with E-state index in [1.54, 1.807) is 40.2 Å². The normalized spacial score (nSPS) is 16.7. The van der Waals surface area contributed by atoms with Crippen molar-refractivity contribution in [3.05, 3.63) is 64.7 Å². The van der Waals surface area contributed by atoms with E-state index in [0.717, 1.165) is 46.5 Å². The first-order valence-corrected chi connectivity index (χ1v) is 11.3. The van der Waals surface area contributed by atoms with Gasteiger partial charge in [-0.15, -0.1) is 11.8 Å². The fourth-order valence-electron chi connectivity index (χ4n) is 3.23. The van der Waals surface area contributed by atoms with Gasteiger partial charge in [0.2, 0.25) is 0 Å². The molecule has 0 bridgehead atoms. The Kier molecular flexibility index (Phi) is 6.34. The summed E-state index contributed by atoms with van der Waals surface area (Å²) in [6.07, 6.45) is 2.09. The van der Waals surface area contributed by atoms with E-state index in [4.69, 9.17) is 9.72 Å². The van der Waals surface area contributed by atoms with Crippen LogP contribution in [0.4, 0.5) is 4.39 Å². The van der Waals surface area contributed by atoms with Gasteiger partial charge < -0.3 is 4.74 Å². The van der Waals surface area contributed by atoms with Crippen molar-refractivity contribution in [3.63, 3.8) is 0 Å². The molecule has 28 heavy (non-hydrogen) atoms. The Labute approximate surface area is 171 Å².